The van der Waals surface area contributed by atoms with Gasteiger partial charge in [-0.2, -0.15) is 14.4 Å². The third kappa shape index (κ3) is 5.26. The van der Waals surface area contributed by atoms with Gasteiger partial charge in [0, 0.05) is 42.7 Å². The van der Waals surface area contributed by atoms with Gasteiger partial charge in [-0.1, -0.05) is 0 Å². The monoisotopic (exact) mass is 619 g/mol. The van der Waals surface area contributed by atoms with Gasteiger partial charge in [0.1, 0.15) is 28.9 Å². The summed E-state index contributed by atoms with van der Waals surface area (Å²) in [4.78, 5) is 26.1. The lowest BCUT2D eigenvalue weighted by atomic mass is 9.92. The van der Waals surface area contributed by atoms with Crippen LogP contribution in [0.15, 0.2) is 36.5 Å². The quantitative estimate of drug-likeness (QED) is 0.274. The van der Waals surface area contributed by atoms with Crippen LogP contribution in [0, 0.1) is 11.6 Å². The smallest absolute Gasteiger partial charge is 0.276 e. The highest BCUT2D eigenvalue weighted by Crippen LogP contribution is 2.32. The molecule has 234 valence electrons. The van der Waals surface area contributed by atoms with Crippen molar-refractivity contribution in [2.24, 2.45) is 0 Å². The van der Waals surface area contributed by atoms with Crippen LogP contribution >= 0.6 is 0 Å². The Morgan fingerprint density at radius 1 is 1.09 bits per heavy atom. The van der Waals surface area contributed by atoms with Crippen molar-refractivity contribution in [1.82, 2.24) is 39.5 Å². The third-order valence-electron chi connectivity index (χ3n) is 8.42. The first-order valence-electron chi connectivity index (χ1n) is 14.6. The minimum atomic E-state index is -0.813. The van der Waals surface area contributed by atoms with E-state index in [1.165, 1.54) is 21.6 Å². The van der Waals surface area contributed by atoms with Crippen LogP contribution in [-0.4, -0.2) is 85.4 Å². The van der Waals surface area contributed by atoms with Crippen LogP contribution in [0.25, 0.3) is 16.6 Å². The molecule has 5 heterocycles. The van der Waals surface area contributed by atoms with E-state index in [4.69, 9.17) is 24.3 Å². The van der Waals surface area contributed by atoms with Gasteiger partial charge in [-0.15, -0.1) is 10.2 Å². The number of hydrogen-bond donors (Lipinski definition) is 1. The second kappa shape index (κ2) is 11.5. The highest BCUT2D eigenvalue weighted by atomic mass is 19.1. The number of fused-ring (bicyclic) bond motifs is 3. The fourth-order valence-electron chi connectivity index (χ4n) is 5.77. The normalized spacial score (nSPS) is 18.7. The SMILES string of the molecule is COc1ccc(CNc2nc3c(F)cc(F)cc3c3nc([C@@H]4CC[C@H](C)N(C(=O)c5cnn(C6COC6)n5)C4)nn23)c(OC)c1. The molecular weight excluding hydrogens is 588 g/mol. The number of carbonyl (C=O) groups is 1. The number of amides is 1. The highest BCUT2D eigenvalue weighted by molar-refractivity contribution is 5.93. The summed E-state index contributed by atoms with van der Waals surface area (Å²) in [6, 6.07) is 7.40. The minimum absolute atomic E-state index is 0.0342. The largest absolute Gasteiger partial charge is 0.497 e. The molecule has 2 aliphatic rings. The molecule has 0 unspecified atom stereocenters. The molecule has 2 aliphatic heterocycles. The Morgan fingerprint density at radius 2 is 1.93 bits per heavy atom. The Labute approximate surface area is 256 Å². The van der Waals surface area contributed by atoms with Gasteiger partial charge in [0.25, 0.3) is 5.91 Å². The average molecular weight is 620 g/mol. The predicted octanol–water partition coefficient (Wildman–Crippen LogP) is 3.76. The first kappa shape index (κ1) is 28.8. The molecule has 2 aromatic carbocycles. The summed E-state index contributed by atoms with van der Waals surface area (Å²) in [5.41, 5.74) is 1.27. The van der Waals surface area contributed by atoms with E-state index in [-0.39, 0.29) is 58.6 Å². The Hall–Kier alpha value is -4.92. The fourth-order valence-corrected chi connectivity index (χ4v) is 5.77. The molecule has 0 spiro atoms. The van der Waals surface area contributed by atoms with E-state index in [9.17, 15) is 9.18 Å². The number of rotatable bonds is 8. The number of nitrogens with zero attached hydrogens (tertiary/aromatic N) is 8. The van der Waals surface area contributed by atoms with Gasteiger partial charge in [0.15, 0.2) is 23.0 Å². The van der Waals surface area contributed by atoms with Gasteiger partial charge in [-0.3, -0.25) is 4.79 Å². The van der Waals surface area contributed by atoms with Crippen molar-refractivity contribution in [3.63, 3.8) is 0 Å². The maximum absolute atomic E-state index is 15.0. The molecule has 1 amide bonds. The first-order valence-corrected chi connectivity index (χ1v) is 14.6. The van der Waals surface area contributed by atoms with Gasteiger partial charge in [0.05, 0.1) is 39.0 Å². The van der Waals surface area contributed by atoms with E-state index < -0.39 is 11.6 Å². The highest BCUT2D eigenvalue weighted by Gasteiger charge is 2.34. The predicted molar refractivity (Wildman–Crippen MR) is 157 cm³/mol. The number of halogens is 2. The van der Waals surface area contributed by atoms with E-state index in [1.807, 2.05) is 13.0 Å². The molecule has 7 rings (SSSR count). The molecule has 0 bridgehead atoms. The number of anilines is 1. The number of nitrogens with one attached hydrogen (secondary N) is 1. The zero-order valence-electron chi connectivity index (χ0n) is 24.9. The van der Waals surface area contributed by atoms with Crippen LogP contribution in [0.5, 0.6) is 11.5 Å². The lowest BCUT2D eigenvalue weighted by Crippen LogP contribution is -2.45. The van der Waals surface area contributed by atoms with Gasteiger partial charge >= 0.3 is 0 Å². The van der Waals surface area contributed by atoms with Crippen LogP contribution in [0.2, 0.25) is 0 Å². The van der Waals surface area contributed by atoms with Crippen LogP contribution in [0.3, 0.4) is 0 Å². The Kier molecular flexibility index (Phi) is 7.39. The molecule has 45 heavy (non-hydrogen) atoms. The molecule has 15 heteroatoms. The minimum Gasteiger partial charge on any atom is -0.497 e. The number of piperidine rings is 1. The summed E-state index contributed by atoms with van der Waals surface area (Å²) in [6.45, 7) is 3.64. The molecule has 0 radical (unpaired) electrons. The van der Waals surface area contributed by atoms with Crippen LogP contribution in [-0.2, 0) is 11.3 Å². The lowest BCUT2D eigenvalue weighted by Gasteiger charge is -2.36. The van der Waals surface area contributed by atoms with E-state index in [0.717, 1.165) is 11.6 Å². The number of methoxy groups -OCH3 is 2. The van der Waals surface area contributed by atoms with Crippen LogP contribution < -0.4 is 14.8 Å². The van der Waals surface area contributed by atoms with Crippen molar-refractivity contribution in [3.05, 3.63) is 65.2 Å². The van der Waals surface area contributed by atoms with Gasteiger partial charge in [0.2, 0.25) is 5.95 Å². The van der Waals surface area contributed by atoms with Gasteiger partial charge in [-0.25, -0.2) is 18.7 Å². The molecule has 13 nitrogen and oxygen atoms in total. The van der Waals surface area contributed by atoms with Crippen molar-refractivity contribution >= 4 is 28.4 Å². The molecule has 2 fully saturated rings. The summed E-state index contributed by atoms with van der Waals surface area (Å²) in [7, 11) is 3.13. The molecule has 3 aromatic heterocycles. The summed E-state index contributed by atoms with van der Waals surface area (Å²) in [6.07, 6.45) is 2.91. The number of carbonyl (C=O) groups excluding carboxylic acids is 1. The Bertz CT molecular complexity index is 1910. The fraction of sp³-hybridized carbons (Fsp3) is 0.400. The number of benzene rings is 2. The zero-order valence-corrected chi connectivity index (χ0v) is 24.9. The van der Waals surface area contributed by atoms with E-state index in [0.29, 0.717) is 49.9 Å². The molecule has 0 saturated carbocycles. The standard InChI is InChI=1S/C30H31F2N9O4/c1-16-4-5-18(13-39(16)29(42)24-12-34-41(37-24)20-14-45-15-20)27-36-28-22-8-19(31)9-23(32)26(22)35-30(40(28)38-27)33-11-17-6-7-21(43-2)10-25(17)44-3/h6-10,12,16,18,20H,4-5,11,13-15H2,1-3H3,(H,33,35)/t16-,18+/m0/s1. The summed E-state index contributed by atoms with van der Waals surface area (Å²) in [5.74, 6) is -0.133. The molecule has 2 atom stereocenters. The maximum atomic E-state index is 15.0. The number of aromatic nitrogens is 7. The van der Waals surface area contributed by atoms with E-state index in [2.05, 4.69) is 20.5 Å². The molecular formula is C30H31F2N9O4. The number of hydrogen-bond acceptors (Lipinski definition) is 10. The van der Waals surface area contributed by atoms with Crippen molar-refractivity contribution in [2.45, 2.75) is 44.3 Å². The summed E-state index contributed by atoms with van der Waals surface area (Å²) in [5, 5.41) is 16.8. The molecule has 2 saturated heterocycles. The van der Waals surface area contributed by atoms with Gasteiger partial charge < -0.3 is 24.4 Å². The van der Waals surface area contributed by atoms with Crippen LogP contribution in [0.1, 0.15) is 53.6 Å². The summed E-state index contributed by atoms with van der Waals surface area (Å²) >= 11 is 0. The molecule has 5 aromatic rings. The second-order valence-corrected chi connectivity index (χ2v) is 11.3. The first-order chi connectivity index (χ1) is 21.8. The summed E-state index contributed by atoms with van der Waals surface area (Å²) < 4.78 is 46.9. The lowest BCUT2D eigenvalue weighted by molar-refractivity contribution is -0.0349. The van der Waals surface area contributed by atoms with Crippen molar-refractivity contribution < 1.29 is 27.8 Å². The van der Waals surface area contributed by atoms with Crippen molar-refractivity contribution in [1.29, 1.82) is 0 Å². The number of ether oxygens (including phenoxy) is 3. The Morgan fingerprint density at radius 3 is 2.69 bits per heavy atom. The van der Waals surface area contributed by atoms with E-state index in [1.54, 1.807) is 31.3 Å². The number of likely N-dealkylation sites (tertiary alicyclic amines) is 1. The molecule has 1 N–H and O–H groups in total. The van der Waals surface area contributed by atoms with Crippen molar-refractivity contribution in [3.8, 4) is 11.5 Å². The zero-order chi connectivity index (χ0) is 31.2. The average Bonchev–Trinajstić information content (AvgIpc) is 3.68. The van der Waals surface area contributed by atoms with E-state index >= 15 is 4.39 Å². The van der Waals surface area contributed by atoms with Gasteiger partial charge in [-0.05, 0) is 38.0 Å². The van der Waals surface area contributed by atoms with Crippen molar-refractivity contribution in [2.75, 3.05) is 39.3 Å². The maximum Gasteiger partial charge on any atom is 0.276 e. The Balaban J connectivity index is 1.22. The third-order valence-corrected chi connectivity index (χ3v) is 8.42. The topological polar surface area (TPSA) is 134 Å². The molecule has 0 aliphatic carbocycles. The second-order valence-electron chi connectivity index (χ2n) is 11.3. The van der Waals surface area contributed by atoms with Crippen LogP contribution in [0.4, 0.5) is 14.7 Å².